The van der Waals surface area contributed by atoms with Crippen molar-refractivity contribution in [3.05, 3.63) is 35.4 Å². The van der Waals surface area contributed by atoms with Crippen LogP contribution in [0.15, 0.2) is 24.3 Å². The number of nitrogens with zero attached hydrogens (tertiary/aromatic N) is 5. The van der Waals surface area contributed by atoms with Gasteiger partial charge in [0, 0.05) is 30.1 Å². The third-order valence-electron chi connectivity index (χ3n) is 5.84. The summed E-state index contributed by atoms with van der Waals surface area (Å²) in [5.74, 6) is 0.555. The van der Waals surface area contributed by atoms with Crippen LogP contribution in [0.5, 0.6) is 0 Å². The smallest absolute Gasteiger partial charge is 0.184 e. The summed E-state index contributed by atoms with van der Waals surface area (Å²) in [5.41, 5.74) is 4.30. The van der Waals surface area contributed by atoms with Gasteiger partial charge >= 0.3 is 0 Å². The van der Waals surface area contributed by atoms with E-state index in [0.717, 1.165) is 41.4 Å². The Morgan fingerprint density at radius 3 is 2.79 bits per heavy atom. The predicted molar refractivity (Wildman–Crippen MR) is 121 cm³/mol. The third-order valence-corrected chi connectivity index (χ3v) is 6.22. The van der Waals surface area contributed by atoms with Crippen molar-refractivity contribution in [3.8, 4) is 0 Å². The minimum absolute atomic E-state index is 0.482. The standard InChI is InChI=1S/C22H30N6S/c1-4-16-9-10-20-17(11-16)12-18(21-24-25-26-28(20)21)14-27(19-7-5-6-8-19)22(29)23-13-15(2)3/h9-12,15,19H,4-8,13-14H2,1-3H3,(H,23,29). The van der Waals surface area contributed by atoms with Gasteiger partial charge in [-0.3, -0.25) is 0 Å². The number of hydrogen-bond acceptors (Lipinski definition) is 4. The van der Waals surface area contributed by atoms with E-state index in [9.17, 15) is 0 Å². The molecule has 2 aromatic heterocycles. The van der Waals surface area contributed by atoms with Gasteiger partial charge in [0.1, 0.15) is 0 Å². The molecule has 1 N–H and O–H groups in total. The Labute approximate surface area is 177 Å². The van der Waals surface area contributed by atoms with Crippen LogP contribution in [-0.4, -0.2) is 42.6 Å². The van der Waals surface area contributed by atoms with Crippen molar-refractivity contribution in [1.82, 2.24) is 30.3 Å². The van der Waals surface area contributed by atoms with Crippen molar-refractivity contribution < 1.29 is 0 Å². The lowest BCUT2D eigenvalue weighted by molar-refractivity contribution is 0.302. The van der Waals surface area contributed by atoms with Gasteiger partial charge in [0.15, 0.2) is 10.8 Å². The minimum Gasteiger partial charge on any atom is -0.362 e. The fraction of sp³-hybridized carbons (Fsp3) is 0.545. The van der Waals surface area contributed by atoms with Crippen LogP contribution in [0.2, 0.25) is 0 Å². The SMILES string of the molecule is CCc1ccc2c(c1)cc(CN(C(=S)NCC(C)C)C1CCCC1)c1nnnn12. The second-order valence-electron chi connectivity index (χ2n) is 8.48. The molecular formula is C22H30N6S. The number of pyridine rings is 1. The lowest BCUT2D eigenvalue weighted by Gasteiger charge is -2.32. The summed E-state index contributed by atoms with van der Waals surface area (Å²) in [4.78, 5) is 2.37. The maximum atomic E-state index is 5.82. The number of hydrogen-bond donors (Lipinski definition) is 1. The van der Waals surface area contributed by atoms with Crippen molar-refractivity contribution in [1.29, 1.82) is 0 Å². The molecular weight excluding hydrogens is 380 g/mol. The molecule has 1 saturated carbocycles. The second-order valence-corrected chi connectivity index (χ2v) is 8.86. The summed E-state index contributed by atoms with van der Waals surface area (Å²) in [6.07, 6.45) is 5.94. The first kappa shape index (κ1) is 20.0. The van der Waals surface area contributed by atoms with Crippen LogP contribution in [0, 0.1) is 5.92 Å². The molecule has 1 aliphatic rings. The van der Waals surface area contributed by atoms with Crippen LogP contribution in [0.25, 0.3) is 16.6 Å². The van der Waals surface area contributed by atoms with E-state index < -0.39 is 0 Å². The highest BCUT2D eigenvalue weighted by Crippen LogP contribution is 2.27. The Balaban J connectivity index is 1.72. The number of thiocarbonyl (C=S) groups is 1. The average Bonchev–Trinajstić information content (AvgIpc) is 3.41. The fourth-order valence-electron chi connectivity index (χ4n) is 4.21. The van der Waals surface area contributed by atoms with Gasteiger partial charge in [0.2, 0.25) is 0 Å². The molecule has 0 radical (unpaired) electrons. The highest BCUT2D eigenvalue weighted by atomic mass is 32.1. The van der Waals surface area contributed by atoms with E-state index in [1.165, 1.54) is 36.6 Å². The third kappa shape index (κ3) is 4.20. The number of benzene rings is 1. The molecule has 0 atom stereocenters. The largest absolute Gasteiger partial charge is 0.362 e. The number of aryl methyl sites for hydroxylation is 1. The van der Waals surface area contributed by atoms with Crippen molar-refractivity contribution in [2.75, 3.05) is 6.54 Å². The van der Waals surface area contributed by atoms with Gasteiger partial charge < -0.3 is 10.2 Å². The van der Waals surface area contributed by atoms with E-state index >= 15 is 0 Å². The Morgan fingerprint density at radius 2 is 2.07 bits per heavy atom. The van der Waals surface area contributed by atoms with Crippen LogP contribution >= 0.6 is 12.2 Å². The normalized spacial score (nSPS) is 14.9. The van der Waals surface area contributed by atoms with E-state index in [0.29, 0.717) is 12.0 Å². The molecule has 6 nitrogen and oxygen atoms in total. The highest BCUT2D eigenvalue weighted by Gasteiger charge is 2.26. The number of fused-ring (bicyclic) bond motifs is 3. The number of nitrogens with one attached hydrogen (secondary N) is 1. The maximum absolute atomic E-state index is 5.82. The van der Waals surface area contributed by atoms with E-state index in [1.807, 2.05) is 4.52 Å². The monoisotopic (exact) mass is 410 g/mol. The zero-order valence-corrected chi connectivity index (χ0v) is 18.4. The molecule has 0 spiro atoms. The molecule has 3 aromatic rings. The molecule has 154 valence electrons. The Hall–Kier alpha value is -2.28. The molecule has 0 saturated heterocycles. The predicted octanol–water partition coefficient (Wildman–Crippen LogP) is 4.12. The molecule has 7 heteroatoms. The minimum atomic E-state index is 0.482. The van der Waals surface area contributed by atoms with Crippen LogP contribution < -0.4 is 5.32 Å². The van der Waals surface area contributed by atoms with Crippen molar-refractivity contribution in [2.24, 2.45) is 5.92 Å². The molecule has 1 fully saturated rings. The highest BCUT2D eigenvalue weighted by molar-refractivity contribution is 7.80. The molecule has 2 heterocycles. The Kier molecular flexibility index (Phi) is 5.94. The molecule has 1 aliphatic carbocycles. The molecule has 0 aliphatic heterocycles. The molecule has 29 heavy (non-hydrogen) atoms. The van der Waals surface area contributed by atoms with Crippen LogP contribution in [-0.2, 0) is 13.0 Å². The topological polar surface area (TPSA) is 58.3 Å². The van der Waals surface area contributed by atoms with Crippen molar-refractivity contribution >= 4 is 33.9 Å². The zero-order valence-electron chi connectivity index (χ0n) is 17.6. The summed E-state index contributed by atoms with van der Waals surface area (Å²) in [7, 11) is 0. The summed E-state index contributed by atoms with van der Waals surface area (Å²) in [6.45, 7) is 8.20. The van der Waals surface area contributed by atoms with E-state index in [1.54, 1.807) is 0 Å². The number of rotatable bonds is 6. The molecule has 1 aromatic carbocycles. The van der Waals surface area contributed by atoms with Gasteiger partial charge in [0.05, 0.1) is 5.52 Å². The summed E-state index contributed by atoms with van der Waals surface area (Å²) >= 11 is 5.82. The lowest BCUT2D eigenvalue weighted by Crippen LogP contribution is -2.45. The van der Waals surface area contributed by atoms with Gasteiger partial charge in [0.25, 0.3) is 0 Å². The van der Waals surface area contributed by atoms with Crippen LogP contribution in [0.4, 0.5) is 0 Å². The summed E-state index contributed by atoms with van der Waals surface area (Å²) in [6, 6.07) is 9.24. The Morgan fingerprint density at radius 1 is 1.28 bits per heavy atom. The molecule has 0 amide bonds. The van der Waals surface area contributed by atoms with E-state index in [-0.39, 0.29) is 0 Å². The van der Waals surface area contributed by atoms with Crippen LogP contribution in [0.1, 0.15) is 57.6 Å². The first-order valence-electron chi connectivity index (χ1n) is 10.7. The first-order chi connectivity index (χ1) is 14.1. The summed E-state index contributed by atoms with van der Waals surface area (Å²) < 4.78 is 1.86. The van der Waals surface area contributed by atoms with Gasteiger partial charge in [-0.1, -0.05) is 39.7 Å². The molecule has 0 bridgehead atoms. The van der Waals surface area contributed by atoms with Crippen LogP contribution in [0.3, 0.4) is 0 Å². The first-order valence-corrected chi connectivity index (χ1v) is 11.1. The average molecular weight is 411 g/mol. The lowest BCUT2D eigenvalue weighted by atomic mass is 10.1. The zero-order chi connectivity index (χ0) is 20.4. The van der Waals surface area contributed by atoms with Crippen molar-refractivity contribution in [2.45, 2.75) is 65.5 Å². The van der Waals surface area contributed by atoms with Gasteiger partial charge in [-0.05, 0) is 71.6 Å². The van der Waals surface area contributed by atoms with Crippen molar-refractivity contribution in [3.63, 3.8) is 0 Å². The Bertz CT molecular complexity index is 1010. The quantitative estimate of drug-likeness (QED) is 0.617. The fourth-order valence-corrected chi connectivity index (χ4v) is 4.51. The van der Waals surface area contributed by atoms with Gasteiger partial charge in [-0.2, -0.15) is 4.52 Å². The summed E-state index contributed by atoms with van der Waals surface area (Å²) in [5, 5.41) is 18.1. The molecule has 0 unspecified atom stereocenters. The van der Waals surface area contributed by atoms with Gasteiger partial charge in [-0.25, -0.2) is 0 Å². The van der Waals surface area contributed by atoms with Gasteiger partial charge in [-0.15, -0.1) is 5.10 Å². The molecule has 4 rings (SSSR count). The second kappa shape index (κ2) is 8.61. The number of tetrazole rings is 1. The number of aromatic nitrogens is 4. The van der Waals surface area contributed by atoms with E-state index in [2.05, 4.69) is 70.8 Å². The maximum Gasteiger partial charge on any atom is 0.184 e. The van der Waals surface area contributed by atoms with E-state index in [4.69, 9.17) is 12.2 Å².